The van der Waals surface area contributed by atoms with E-state index < -0.39 is 11.7 Å². The Hall–Kier alpha value is -2.61. The smallest absolute Gasteiger partial charge is 0.383 e. The van der Waals surface area contributed by atoms with Crippen LogP contribution in [0.25, 0.3) is 16.8 Å². The number of nitrogens with zero attached hydrogens (tertiary/aromatic N) is 3. The Kier molecular flexibility index (Phi) is 4.63. The molecule has 0 aliphatic carbocycles. The van der Waals surface area contributed by atoms with Gasteiger partial charge in [-0.3, -0.25) is 0 Å². The molecule has 3 rings (SSSR count). The number of anilines is 1. The molecule has 0 atom stereocenters. The van der Waals surface area contributed by atoms with Gasteiger partial charge in [0.2, 0.25) is 0 Å². The summed E-state index contributed by atoms with van der Waals surface area (Å²) in [6, 6.07) is 6.99. The van der Waals surface area contributed by atoms with Gasteiger partial charge in [-0.05, 0) is 24.6 Å². The van der Waals surface area contributed by atoms with E-state index in [1.54, 1.807) is 17.7 Å². The topological polar surface area (TPSA) is 51.5 Å². The van der Waals surface area contributed by atoms with Crippen LogP contribution in [-0.2, 0) is 10.9 Å². The maximum atomic E-state index is 13.0. The van der Waals surface area contributed by atoms with Gasteiger partial charge in [-0.25, -0.2) is 4.98 Å². The fraction of sp³-hybridized carbons (Fsp3) is 0.294. The van der Waals surface area contributed by atoms with Crippen molar-refractivity contribution in [3.63, 3.8) is 0 Å². The summed E-state index contributed by atoms with van der Waals surface area (Å²) in [6.07, 6.45) is -2.87. The molecule has 0 fully saturated rings. The van der Waals surface area contributed by atoms with E-state index in [2.05, 4.69) is 15.4 Å². The molecule has 1 N–H and O–H groups in total. The van der Waals surface area contributed by atoms with Crippen LogP contribution in [0.1, 0.15) is 11.3 Å². The Balaban J connectivity index is 2.06. The van der Waals surface area contributed by atoms with Gasteiger partial charge in [-0.1, -0.05) is 12.1 Å². The molecule has 5 nitrogen and oxygen atoms in total. The van der Waals surface area contributed by atoms with Crippen molar-refractivity contribution >= 4 is 11.5 Å². The molecule has 0 unspecified atom stereocenters. The molecule has 25 heavy (non-hydrogen) atoms. The molecule has 0 bridgehead atoms. The predicted octanol–water partition coefficient (Wildman–Crippen LogP) is 3.78. The fourth-order valence-corrected chi connectivity index (χ4v) is 2.56. The molecule has 0 aliphatic rings. The van der Waals surface area contributed by atoms with Gasteiger partial charge in [0.1, 0.15) is 5.82 Å². The van der Waals surface area contributed by atoms with Crippen LogP contribution < -0.4 is 5.32 Å². The van der Waals surface area contributed by atoms with E-state index in [0.29, 0.717) is 35.7 Å². The Bertz CT molecular complexity index is 889. The number of hydrogen-bond acceptors (Lipinski definition) is 4. The van der Waals surface area contributed by atoms with Crippen molar-refractivity contribution < 1.29 is 17.9 Å². The molecule has 0 saturated heterocycles. The maximum absolute atomic E-state index is 13.0. The van der Waals surface area contributed by atoms with E-state index in [-0.39, 0.29) is 0 Å². The summed E-state index contributed by atoms with van der Waals surface area (Å²) in [7, 11) is 1.61. The third-order valence-corrected chi connectivity index (χ3v) is 3.71. The number of alkyl halides is 3. The standard InChI is InChI=1S/C17H17F3N4O/c1-11-8-15(21-6-7-25-2)24-16(23-11)14(10-22-24)12-4-3-5-13(9-12)17(18,19)20/h3-5,8-10,21H,6-7H2,1-2H3. The van der Waals surface area contributed by atoms with E-state index in [9.17, 15) is 13.2 Å². The van der Waals surface area contributed by atoms with Crippen LogP contribution in [0.15, 0.2) is 36.5 Å². The van der Waals surface area contributed by atoms with Crippen LogP contribution in [0, 0.1) is 6.92 Å². The van der Waals surface area contributed by atoms with Crippen LogP contribution in [0.4, 0.5) is 19.0 Å². The molecule has 3 aromatic rings. The lowest BCUT2D eigenvalue weighted by Crippen LogP contribution is -2.11. The lowest BCUT2D eigenvalue weighted by Gasteiger charge is -2.10. The van der Waals surface area contributed by atoms with Crippen LogP contribution in [0.3, 0.4) is 0 Å². The molecular weight excluding hydrogens is 333 g/mol. The molecule has 1 aromatic carbocycles. The normalized spacial score (nSPS) is 11.9. The molecule has 2 aromatic heterocycles. The second kappa shape index (κ2) is 6.72. The van der Waals surface area contributed by atoms with Gasteiger partial charge in [-0.2, -0.15) is 22.8 Å². The lowest BCUT2D eigenvalue weighted by molar-refractivity contribution is -0.137. The highest BCUT2D eigenvalue weighted by Crippen LogP contribution is 2.33. The maximum Gasteiger partial charge on any atom is 0.416 e. The summed E-state index contributed by atoms with van der Waals surface area (Å²) < 4.78 is 45.5. The Morgan fingerprint density at radius 3 is 2.76 bits per heavy atom. The first-order valence-corrected chi connectivity index (χ1v) is 7.66. The number of fused-ring (bicyclic) bond motifs is 1. The number of aryl methyl sites for hydroxylation is 1. The fourth-order valence-electron chi connectivity index (χ4n) is 2.56. The Morgan fingerprint density at radius 2 is 2.04 bits per heavy atom. The van der Waals surface area contributed by atoms with Gasteiger partial charge in [0.15, 0.2) is 5.65 Å². The summed E-state index contributed by atoms with van der Waals surface area (Å²) in [5.74, 6) is 0.706. The van der Waals surface area contributed by atoms with E-state index in [0.717, 1.165) is 17.8 Å². The number of nitrogens with one attached hydrogen (secondary N) is 1. The minimum Gasteiger partial charge on any atom is -0.383 e. The third-order valence-electron chi connectivity index (χ3n) is 3.71. The van der Waals surface area contributed by atoms with E-state index in [1.165, 1.54) is 12.3 Å². The Labute approximate surface area is 142 Å². The zero-order chi connectivity index (χ0) is 18.0. The SMILES string of the molecule is COCCNc1cc(C)nc2c(-c3cccc(C(F)(F)F)c3)cnn12. The summed E-state index contributed by atoms with van der Waals surface area (Å²) in [5.41, 5.74) is 1.51. The van der Waals surface area contributed by atoms with Gasteiger partial charge in [-0.15, -0.1) is 0 Å². The predicted molar refractivity (Wildman–Crippen MR) is 88.5 cm³/mol. The first-order chi connectivity index (χ1) is 11.9. The summed E-state index contributed by atoms with van der Waals surface area (Å²) >= 11 is 0. The first-order valence-electron chi connectivity index (χ1n) is 7.66. The second-order valence-corrected chi connectivity index (χ2v) is 5.57. The average molecular weight is 350 g/mol. The number of aromatic nitrogens is 3. The van der Waals surface area contributed by atoms with Crippen molar-refractivity contribution in [1.29, 1.82) is 0 Å². The van der Waals surface area contributed by atoms with Crippen molar-refractivity contribution in [2.75, 3.05) is 25.6 Å². The van der Waals surface area contributed by atoms with Crippen molar-refractivity contribution in [1.82, 2.24) is 14.6 Å². The molecule has 0 amide bonds. The van der Waals surface area contributed by atoms with Crippen molar-refractivity contribution in [3.05, 3.63) is 47.8 Å². The lowest BCUT2D eigenvalue weighted by atomic mass is 10.1. The second-order valence-electron chi connectivity index (χ2n) is 5.57. The highest BCUT2D eigenvalue weighted by atomic mass is 19.4. The number of hydrogen-bond donors (Lipinski definition) is 1. The third kappa shape index (κ3) is 3.58. The first kappa shape index (κ1) is 17.2. The number of benzene rings is 1. The number of methoxy groups -OCH3 is 1. The van der Waals surface area contributed by atoms with E-state index >= 15 is 0 Å². The van der Waals surface area contributed by atoms with Crippen LogP contribution in [0.2, 0.25) is 0 Å². The minimum atomic E-state index is -4.39. The van der Waals surface area contributed by atoms with Crippen LogP contribution in [0.5, 0.6) is 0 Å². The quantitative estimate of drug-likeness (QED) is 0.712. The van der Waals surface area contributed by atoms with Crippen LogP contribution >= 0.6 is 0 Å². The van der Waals surface area contributed by atoms with E-state index in [1.807, 2.05) is 13.0 Å². The number of halogens is 3. The molecule has 0 aliphatic heterocycles. The van der Waals surface area contributed by atoms with Crippen molar-refractivity contribution in [2.24, 2.45) is 0 Å². The number of rotatable bonds is 5. The molecule has 0 spiro atoms. The summed E-state index contributed by atoms with van der Waals surface area (Å²) in [4.78, 5) is 4.44. The highest BCUT2D eigenvalue weighted by molar-refractivity contribution is 5.78. The van der Waals surface area contributed by atoms with Gasteiger partial charge in [0.05, 0.1) is 18.4 Å². The number of ether oxygens (including phenoxy) is 1. The average Bonchev–Trinajstić information content (AvgIpc) is 2.98. The molecule has 8 heteroatoms. The largest absolute Gasteiger partial charge is 0.416 e. The molecule has 132 valence electrons. The molecule has 0 saturated carbocycles. The molecule has 0 radical (unpaired) electrons. The zero-order valence-electron chi connectivity index (χ0n) is 13.8. The van der Waals surface area contributed by atoms with Crippen molar-refractivity contribution in [2.45, 2.75) is 13.1 Å². The summed E-state index contributed by atoms with van der Waals surface area (Å²) in [6.45, 7) is 2.92. The molecule has 2 heterocycles. The van der Waals surface area contributed by atoms with E-state index in [4.69, 9.17) is 4.74 Å². The van der Waals surface area contributed by atoms with Crippen LogP contribution in [-0.4, -0.2) is 34.9 Å². The minimum absolute atomic E-state index is 0.422. The summed E-state index contributed by atoms with van der Waals surface area (Å²) in [5, 5.41) is 7.46. The van der Waals surface area contributed by atoms with Gasteiger partial charge >= 0.3 is 6.18 Å². The van der Waals surface area contributed by atoms with Gasteiger partial charge < -0.3 is 10.1 Å². The molecular formula is C17H17F3N4O. The Morgan fingerprint density at radius 1 is 1.24 bits per heavy atom. The monoisotopic (exact) mass is 350 g/mol. The van der Waals surface area contributed by atoms with Crippen molar-refractivity contribution in [3.8, 4) is 11.1 Å². The zero-order valence-corrected chi connectivity index (χ0v) is 13.8. The highest BCUT2D eigenvalue weighted by Gasteiger charge is 2.30. The van der Waals surface area contributed by atoms with Gasteiger partial charge in [0.25, 0.3) is 0 Å². The van der Waals surface area contributed by atoms with Gasteiger partial charge in [0, 0.05) is 31.0 Å².